The molecule has 0 saturated carbocycles. The molecule has 1 atom stereocenters. The van der Waals surface area contributed by atoms with Crippen LogP contribution in [0.3, 0.4) is 0 Å². The van der Waals surface area contributed by atoms with Crippen LogP contribution in [0.25, 0.3) is 0 Å². The summed E-state index contributed by atoms with van der Waals surface area (Å²) in [6, 6.07) is 10.3. The van der Waals surface area contributed by atoms with Crippen LogP contribution in [0.2, 0.25) is 0 Å². The maximum Gasteiger partial charge on any atom is 0.221 e. The smallest absolute Gasteiger partial charge is 0.221 e. The Kier molecular flexibility index (Phi) is 5.61. The highest BCUT2D eigenvalue weighted by atomic mass is 16.3. The lowest BCUT2D eigenvalue weighted by Gasteiger charge is -2.30. The summed E-state index contributed by atoms with van der Waals surface area (Å²) in [6.07, 6.45) is 4.35. The van der Waals surface area contributed by atoms with Crippen LogP contribution in [-0.2, 0) is 24.3 Å². The number of hydrogen-bond donors (Lipinski definition) is 2. The molecule has 2 heterocycles. The van der Waals surface area contributed by atoms with Crippen LogP contribution in [-0.4, -0.2) is 51.4 Å². The summed E-state index contributed by atoms with van der Waals surface area (Å²) in [7, 11) is 0. The zero-order valence-corrected chi connectivity index (χ0v) is 13.8. The van der Waals surface area contributed by atoms with E-state index in [1.54, 1.807) is 10.9 Å². The second-order valence-electron chi connectivity index (χ2n) is 6.23. The van der Waals surface area contributed by atoms with Gasteiger partial charge in [0.05, 0.1) is 6.10 Å². The van der Waals surface area contributed by atoms with Gasteiger partial charge in [0.25, 0.3) is 0 Å². The lowest BCUT2D eigenvalue weighted by atomic mass is 10.00. The van der Waals surface area contributed by atoms with Crippen molar-refractivity contribution >= 4 is 5.91 Å². The highest BCUT2D eigenvalue weighted by Gasteiger charge is 2.18. The van der Waals surface area contributed by atoms with Crippen LogP contribution in [0.15, 0.2) is 42.7 Å². The molecule has 6 nitrogen and oxygen atoms in total. The van der Waals surface area contributed by atoms with E-state index in [1.165, 1.54) is 11.1 Å². The molecule has 1 aromatic carbocycles. The Labute approximate surface area is 142 Å². The average molecular weight is 328 g/mol. The van der Waals surface area contributed by atoms with Crippen molar-refractivity contribution in [1.29, 1.82) is 0 Å². The number of aryl methyl sites for hydroxylation is 1. The third-order valence-electron chi connectivity index (χ3n) is 4.34. The lowest BCUT2D eigenvalue weighted by molar-refractivity contribution is -0.121. The van der Waals surface area contributed by atoms with E-state index in [1.807, 2.05) is 12.3 Å². The lowest BCUT2D eigenvalue weighted by Crippen LogP contribution is -2.42. The van der Waals surface area contributed by atoms with Gasteiger partial charge in [0, 0.05) is 51.5 Å². The molecule has 1 aromatic heterocycles. The van der Waals surface area contributed by atoms with Crippen molar-refractivity contribution in [1.82, 2.24) is 20.0 Å². The zero-order valence-electron chi connectivity index (χ0n) is 13.8. The molecule has 24 heavy (non-hydrogen) atoms. The van der Waals surface area contributed by atoms with Gasteiger partial charge >= 0.3 is 0 Å². The number of β-amino-alcohol motifs (C(OH)–C–C–N with tert-alkyl or cyclic N) is 1. The first-order chi connectivity index (χ1) is 11.7. The Bertz CT molecular complexity index is 657. The Balaban J connectivity index is 1.37. The number of fused-ring (bicyclic) bond motifs is 1. The summed E-state index contributed by atoms with van der Waals surface area (Å²) in [5.41, 5.74) is 2.73. The van der Waals surface area contributed by atoms with Crippen molar-refractivity contribution in [2.24, 2.45) is 0 Å². The predicted octanol–water partition coefficient (Wildman–Crippen LogP) is 0.809. The van der Waals surface area contributed by atoms with Crippen molar-refractivity contribution < 1.29 is 9.90 Å². The molecular weight excluding hydrogens is 304 g/mol. The molecule has 0 unspecified atom stereocenters. The van der Waals surface area contributed by atoms with E-state index in [-0.39, 0.29) is 12.5 Å². The van der Waals surface area contributed by atoms with Crippen LogP contribution in [0.1, 0.15) is 17.5 Å². The molecule has 0 aliphatic carbocycles. The Morgan fingerprint density at radius 1 is 1.29 bits per heavy atom. The Hall–Kier alpha value is -2.18. The number of carbonyl (C=O) groups is 1. The molecule has 2 N–H and O–H groups in total. The number of carbonyl (C=O) groups excluding carboxylic acids is 1. The fourth-order valence-corrected chi connectivity index (χ4v) is 3.04. The minimum Gasteiger partial charge on any atom is -0.390 e. The molecule has 0 spiro atoms. The molecule has 1 aliphatic rings. The Morgan fingerprint density at radius 2 is 2.12 bits per heavy atom. The van der Waals surface area contributed by atoms with E-state index in [0.717, 1.165) is 19.5 Å². The molecule has 1 aliphatic heterocycles. The van der Waals surface area contributed by atoms with Gasteiger partial charge < -0.3 is 10.4 Å². The minimum absolute atomic E-state index is 0.0615. The highest BCUT2D eigenvalue weighted by molar-refractivity contribution is 5.75. The van der Waals surface area contributed by atoms with Gasteiger partial charge in [0.2, 0.25) is 5.91 Å². The van der Waals surface area contributed by atoms with Crippen LogP contribution in [0, 0.1) is 0 Å². The molecule has 0 bridgehead atoms. The summed E-state index contributed by atoms with van der Waals surface area (Å²) in [6.45, 7) is 3.23. The maximum absolute atomic E-state index is 11.8. The molecule has 0 radical (unpaired) electrons. The van der Waals surface area contributed by atoms with Gasteiger partial charge in [-0.15, -0.1) is 0 Å². The fraction of sp³-hybridized carbons (Fsp3) is 0.444. The van der Waals surface area contributed by atoms with Gasteiger partial charge in [-0.1, -0.05) is 24.3 Å². The van der Waals surface area contributed by atoms with Crippen LogP contribution in [0.5, 0.6) is 0 Å². The fourth-order valence-electron chi connectivity index (χ4n) is 3.04. The number of benzene rings is 1. The normalized spacial score (nSPS) is 15.7. The summed E-state index contributed by atoms with van der Waals surface area (Å²) in [5, 5.41) is 17.0. The molecular formula is C18H24N4O2. The number of rotatable bonds is 7. The van der Waals surface area contributed by atoms with Gasteiger partial charge in [0.1, 0.15) is 0 Å². The first-order valence-corrected chi connectivity index (χ1v) is 8.42. The molecule has 0 fully saturated rings. The van der Waals surface area contributed by atoms with Gasteiger partial charge in [0.15, 0.2) is 0 Å². The van der Waals surface area contributed by atoms with Gasteiger partial charge in [-0.3, -0.25) is 14.4 Å². The van der Waals surface area contributed by atoms with Crippen molar-refractivity contribution in [3.63, 3.8) is 0 Å². The number of nitrogens with one attached hydrogen (secondary N) is 1. The van der Waals surface area contributed by atoms with Crippen molar-refractivity contribution in [2.75, 3.05) is 19.6 Å². The first kappa shape index (κ1) is 16.7. The SMILES string of the molecule is O=C(CCn1cccn1)NC[C@@H](O)CN1CCc2ccccc2C1. The van der Waals surface area contributed by atoms with Crippen molar-refractivity contribution in [2.45, 2.75) is 32.0 Å². The number of aliphatic hydroxyl groups is 1. The van der Waals surface area contributed by atoms with Gasteiger partial charge in [-0.2, -0.15) is 5.10 Å². The second-order valence-corrected chi connectivity index (χ2v) is 6.23. The average Bonchev–Trinajstić information content (AvgIpc) is 3.11. The molecule has 3 rings (SSSR count). The Morgan fingerprint density at radius 3 is 2.92 bits per heavy atom. The highest BCUT2D eigenvalue weighted by Crippen LogP contribution is 2.18. The van der Waals surface area contributed by atoms with Crippen LogP contribution >= 0.6 is 0 Å². The third kappa shape index (κ3) is 4.66. The van der Waals surface area contributed by atoms with E-state index in [0.29, 0.717) is 19.5 Å². The first-order valence-electron chi connectivity index (χ1n) is 8.42. The second kappa shape index (κ2) is 8.08. The summed E-state index contributed by atoms with van der Waals surface area (Å²) in [4.78, 5) is 14.1. The van der Waals surface area contributed by atoms with E-state index < -0.39 is 6.10 Å². The van der Waals surface area contributed by atoms with E-state index in [4.69, 9.17) is 0 Å². The van der Waals surface area contributed by atoms with E-state index in [2.05, 4.69) is 39.6 Å². The molecule has 6 heteroatoms. The number of hydrogen-bond acceptors (Lipinski definition) is 4. The summed E-state index contributed by atoms with van der Waals surface area (Å²) >= 11 is 0. The van der Waals surface area contributed by atoms with Crippen LogP contribution in [0.4, 0.5) is 0 Å². The minimum atomic E-state index is -0.552. The molecule has 2 aromatic rings. The topological polar surface area (TPSA) is 70.4 Å². The number of amides is 1. The number of nitrogens with zero attached hydrogens (tertiary/aromatic N) is 3. The predicted molar refractivity (Wildman–Crippen MR) is 91.3 cm³/mol. The molecule has 1 amide bonds. The van der Waals surface area contributed by atoms with Gasteiger partial charge in [-0.05, 0) is 23.6 Å². The quantitative estimate of drug-likeness (QED) is 0.789. The van der Waals surface area contributed by atoms with Crippen LogP contribution < -0.4 is 5.32 Å². The van der Waals surface area contributed by atoms with Crippen molar-refractivity contribution in [3.8, 4) is 0 Å². The third-order valence-corrected chi connectivity index (χ3v) is 4.34. The van der Waals surface area contributed by atoms with E-state index in [9.17, 15) is 9.90 Å². The summed E-state index contributed by atoms with van der Waals surface area (Å²) in [5.74, 6) is -0.0615. The number of aliphatic hydroxyl groups excluding tert-OH is 1. The largest absolute Gasteiger partial charge is 0.390 e. The van der Waals surface area contributed by atoms with Gasteiger partial charge in [-0.25, -0.2) is 0 Å². The zero-order chi connectivity index (χ0) is 16.8. The molecule has 128 valence electrons. The standard InChI is InChI=1S/C18H24N4O2/c23-17(12-19-18(24)7-11-22-9-3-8-20-22)14-21-10-6-15-4-1-2-5-16(15)13-21/h1-5,8-9,17,23H,6-7,10-14H2,(H,19,24)/t17-/m1/s1. The monoisotopic (exact) mass is 328 g/mol. The maximum atomic E-state index is 11.8. The summed E-state index contributed by atoms with van der Waals surface area (Å²) < 4.78 is 1.72. The van der Waals surface area contributed by atoms with E-state index >= 15 is 0 Å². The van der Waals surface area contributed by atoms with Crippen molar-refractivity contribution in [3.05, 3.63) is 53.9 Å². The number of aromatic nitrogens is 2. The molecule has 0 saturated heterocycles.